The molecule has 0 aromatic heterocycles. The summed E-state index contributed by atoms with van der Waals surface area (Å²) in [6.45, 7) is 2.89. The zero-order chi connectivity index (χ0) is 11.8. The molecule has 0 aliphatic heterocycles. The minimum atomic E-state index is 0.743. The van der Waals surface area contributed by atoms with Crippen LogP contribution in [0.25, 0.3) is 6.08 Å². The topological polar surface area (TPSA) is 18.5 Å². The van der Waals surface area contributed by atoms with Gasteiger partial charge in [-0.3, -0.25) is 0 Å². The standard InChI is InChI=1S/C13H17BrO2/c1-3-4-9-16-13-10-12(15-2)6-5-11(13)7-8-14/h5-8,10H,3-4,9H2,1-2H3. The first kappa shape index (κ1) is 13.1. The molecule has 3 heteroatoms. The van der Waals surface area contributed by atoms with Gasteiger partial charge >= 0.3 is 0 Å². The van der Waals surface area contributed by atoms with Crippen molar-refractivity contribution in [1.82, 2.24) is 0 Å². The van der Waals surface area contributed by atoms with Gasteiger partial charge in [-0.25, -0.2) is 0 Å². The van der Waals surface area contributed by atoms with Crippen molar-refractivity contribution in [2.75, 3.05) is 13.7 Å². The van der Waals surface area contributed by atoms with Crippen LogP contribution in [0.5, 0.6) is 11.5 Å². The van der Waals surface area contributed by atoms with Crippen LogP contribution in [0.2, 0.25) is 0 Å². The molecule has 0 saturated carbocycles. The predicted molar refractivity (Wildman–Crippen MR) is 71.4 cm³/mol. The van der Waals surface area contributed by atoms with Crippen molar-refractivity contribution in [3.05, 3.63) is 28.7 Å². The Labute approximate surface area is 105 Å². The minimum Gasteiger partial charge on any atom is -0.497 e. The van der Waals surface area contributed by atoms with E-state index in [9.17, 15) is 0 Å². The Bertz CT molecular complexity index is 348. The lowest BCUT2D eigenvalue weighted by molar-refractivity contribution is 0.306. The van der Waals surface area contributed by atoms with Gasteiger partial charge in [0.05, 0.1) is 13.7 Å². The van der Waals surface area contributed by atoms with Crippen LogP contribution in [0.1, 0.15) is 25.3 Å². The normalized spacial score (nSPS) is 10.7. The lowest BCUT2D eigenvalue weighted by Crippen LogP contribution is -1.98. The van der Waals surface area contributed by atoms with E-state index >= 15 is 0 Å². The van der Waals surface area contributed by atoms with E-state index in [0.29, 0.717) is 0 Å². The van der Waals surface area contributed by atoms with Gasteiger partial charge in [0.25, 0.3) is 0 Å². The van der Waals surface area contributed by atoms with Crippen molar-refractivity contribution in [3.8, 4) is 11.5 Å². The van der Waals surface area contributed by atoms with E-state index in [-0.39, 0.29) is 0 Å². The molecule has 0 unspecified atom stereocenters. The molecule has 0 fully saturated rings. The molecular weight excluding hydrogens is 268 g/mol. The Balaban J connectivity index is 2.82. The zero-order valence-electron chi connectivity index (χ0n) is 9.70. The zero-order valence-corrected chi connectivity index (χ0v) is 11.3. The largest absolute Gasteiger partial charge is 0.497 e. The van der Waals surface area contributed by atoms with Crippen LogP contribution in [0.3, 0.4) is 0 Å². The van der Waals surface area contributed by atoms with Crippen molar-refractivity contribution < 1.29 is 9.47 Å². The molecule has 1 aromatic rings. The lowest BCUT2D eigenvalue weighted by Gasteiger charge is -2.10. The molecule has 0 spiro atoms. The second kappa shape index (κ2) is 7.34. The number of hydrogen-bond acceptors (Lipinski definition) is 2. The molecule has 0 aliphatic carbocycles. The van der Waals surface area contributed by atoms with Gasteiger partial charge in [0, 0.05) is 11.6 Å². The first-order valence-corrected chi connectivity index (χ1v) is 6.31. The molecule has 88 valence electrons. The number of methoxy groups -OCH3 is 1. The van der Waals surface area contributed by atoms with Crippen molar-refractivity contribution in [2.24, 2.45) is 0 Å². The molecular formula is C13H17BrO2. The number of hydrogen-bond donors (Lipinski definition) is 0. The maximum Gasteiger partial charge on any atom is 0.130 e. The maximum absolute atomic E-state index is 5.72. The molecule has 0 atom stereocenters. The van der Waals surface area contributed by atoms with E-state index in [4.69, 9.17) is 9.47 Å². The number of unbranched alkanes of at least 4 members (excludes halogenated alkanes) is 1. The summed E-state index contributed by atoms with van der Waals surface area (Å²) in [6, 6.07) is 5.82. The van der Waals surface area contributed by atoms with Gasteiger partial charge < -0.3 is 9.47 Å². The van der Waals surface area contributed by atoms with Crippen LogP contribution in [0.4, 0.5) is 0 Å². The summed E-state index contributed by atoms with van der Waals surface area (Å²) < 4.78 is 10.9. The molecule has 2 nitrogen and oxygen atoms in total. The van der Waals surface area contributed by atoms with Gasteiger partial charge in [0.15, 0.2) is 0 Å². The fraction of sp³-hybridized carbons (Fsp3) is 0.385. The Hall–Kier alpha value is -0.960. The summed E-state index contributed by atoms with van der Waals surface area (Å²) in [5, 5.41) is 0. The molecule has 0 radical (unpaired) electrons. The van der Waals surface area contributed by atoms with Gasteiger partial charge in [-0.05, 0) is 29.6 Å². The van der Waals surface area contributed by atoms with Gasteiger partial charge in [0.2, 0.25) is 0 Å². The second-order valence-electron chi connectivity index (χ2n) is 3.40. The van der Waals surface area contributed by atoms with Crippen molar-refractivity contribution in [2.45, 2.75) is 19.8 Å². The highest BCUT2D eigenvalue weighted by molar-refractivity contribution is 9.11. The van der Waals surface area contributed by atoms with Gasteiger partial charge in [-0.2, -0.15) is 0 Å². The fourth-order valence-electron chi connectivity index (χ4n) is 1.30. The summed E-state index contributed by atoms with van der Waals surface area (Å²) in [5.41, 5.74) is 1.05. The van der Waals surface area contributed by atoms with Crippen LogP contribution < -0.4 is 9.47 Å². The highest BCUT2D eigenvalue weighted by Crippen LogP contribution is 2.26. The van der Waals surface area contributed by atoms with Gasteiger partial charge in [0.1, 0.15) is 11.5 Å². The molecule has 0 N–H and O–H groups in total. The van der Waals surface area contributed by atoms with Crippen LogP contribution in [0.15, 0.2) is 23.2 Å². The Morgan fingerprint density at radius 2 is 2.19 bits per heavy atom. The van der Waals surface area contributed by atoms with Gasteiger partial charge in [-0.15, -0.1) is 0 Å². The second-order valence-corrected chi connectivity index (χ2v) is 3.93. The van der Waals surface area contributed by atoms with E-state index < -0.39 is 0 Å². The Morgan fingerprint density at radius 1 is 1.38 bits per heavy atom. The van der Waals surface area contributed by atoms with Crippen LogP contribution in [-0.4, -0.2) is 13.7 Å². The number of ether oxygens (including phenoxy) is 2. The van der Waals surface area contributed by atoms with Crippen LogP contribution >= 0.6 is 15.9 Å². The molecule has 0 saturated heterocycles. The quantitative estimate of drug-likeness (QED) is 0.728. The summed E-state index contributed by atoms with van der Waals surface area (Å²) in [6.07, 6.45) is 4.16. The lowest BCUT2D eigenvalue weighted by atomic mass is 10.2. The molecule has 0 amide bonds. The average Bonchev–Trinajstić information content (AvgIpc) is 2.31. The predicted octanol–water partition coefficient (Wildman–Crippen LogP) is 4.24. The van der Waals surface area contributed by atoms with Crippen molar-refractivity contribution in [1.29, 1.82) is 0 Å². The smallest absolute Gasteiger partial charge is 0.130 e. The summed E-state index contributed by atoms with van der Waals surface area (Å²) in [5.74, 6) is 1.68. The first-order valence-electron chi connectivity index (χ1n) is 5.39. The third-order valence-electron chi connectivity index (χ3n) is 2.22. The van der Waals surface area contributed by atoms with E-state index in [1.165, 1.54) is 0 Å². The molecule has 0 heterocycles. The number of benzene rings is 1. The van der Waals surface area contributed by atoms with Gasteiger partial charge in [-0.1, -0.05) is 29.3 Å². The van der Waals surface area contributed by atoms with Crippen molar-refractivity contribution >= 4 is 22.0 Å². The average molecular weight is 285 g/mol. The van der Waals surface area contributed by atoms with E-state index in [1.54, 1.807) is 7.11 Å². The Kier molecular flexibility index (Phi) is 6.01. The third kappa shape index (κ3) is 3.89. The summed E-state index contributed by atoms with van der Waals surface area (Å²) >= 11 is 3.27. The molecule has 16 heavy (non-hydrogen) atoms. The maximum atomic E-state index is 5.72. The fourth-order valence-corrected chi connectivity index (χ4v) is 1.58. The molecule has 1 aromatic carbocycles. The summed E-state index contributed by atoms with van der Waals surface area (Å²) in [4.78, 5) is 1.82. The SMILES string of the molecule is CCCCOc1cc(OC)ccc1C=CBr. The van der Waals surface area contributed by atoms with E-state index in [2.05, 4.69) is 22.9 Å². The third-order valence-corrected chi connectivity index (χ3v) is 2.48. The van der Waals surface area contributed by atoms with Crippen LogP contribution in [0, 0.1) is 0 Å². The monoisotopic (exact) mass is 284 g/mol. The molecule has 1 rings (SSSR count). The Morgan fingerprint density at radius 3 is 2.81 bits per heavy atom. The van der Waals surface area contributed by atoms with Crippen molar-refractivity contribution in [3.63, 3.8) is 0 Å². The highest BCUT2D eigenvalue weighted by atomic mass is 79.9. The van der Waals surface area contributed by atoms with E-state index in [1.807, 2.05) is 29.3 Å². The molecule has 0 aliphatic rings. The van der Waals surface area contributed by atoms with Crippen LogP contribution in [-0.2, 0) is 0 Å². The first-order chi connectivity index (χ1) is 7.81. The molecule has 0 bridgehead atoms. The number of halogens is 1. The van der Waals surface area contributed by atoms with E-state index in [0.717, 1.165) is 36.5 Å². The minimum absolute atomic E-state index is 0.743. The number of rotatable bonds is 6. The summed E-state index contributed by atoms with van der Waals surface area (Å²) in [7, 11) is 1.66. The highest BCUT2D eigenvalue weighted by Gasteiger charge is 2.03.